The Labute approximate surface area is 129 Å². The van der Waals surface area contributed by atoms with E-state index in [0.717, 1.165) is 23.8 Å². The summed E-state index contributed by atoms with van der Waals surface area (Å²) >= 11 is 0. The van der Waals surface area contributed by atoms with E-state index in [2.05, 4.69) is 27.1 Å². The molecule has 22 heavy (non-hydrogen) atoms. The van der Waals surface area contributed by atoms with Crippen LogP contribution in [-0.4, -0.2) is 52.5 Å². The fraction of sp³-hybridized carbons (Fsp3) is 0.600. The van der Waals surface area contributed by atoms with Crippen LogP contribution >= 0.6 is 0 Å². The van der Waals surface area contributed by atoms with Crippen LogP contribution in [0, 0.1) is 6.92 Å². The fourth-order valence-corrected chi connectivity index (χ4v) is 3.17. The highest BCUT2D eigenvalue weighted by Crippen LogP contribution is 2.30. The number of nitrogens with one attached hydrogen (secondary N) is 1. The molecular formula is C15H21N5O2. The normalized spacial score (nSPS) is 20.7. The third-order valence-electron chi connectivity index (χ3n) is 4.55. The third-order valence-corrected chi connectivity index (χ3v) is 4.55. The number of carbonyl (C=O) groups is 2. The summed E-state index contributed by atoms with van der Waals surface area (Å²) in [4.78, 5) is 36.2. The molecule has 1 aromatic heterocycles. The SMILES string of the molecule is CCc1cc(N2CCC3(CC2)NC(=O)N(C)C3=O)nc(C)n1. The summed E-state index contributed by atoms with van der Waals surface area (Å²) in [7, 11) is 1.53. The highest BCUT2D eigenvalue weighted by atomic mass is 16.2. The highest BCUT2D eigenvalue weighted by Gasteiger charge is 2.51. The number of amides is 3. The number of rotatable bonds is 2. The Balaban J connectivity index is 1.76. The number of urea groups is 1. The maximum Gasteiger partial charge on any atom is 0.324 e. The average Bonchev–Trinajstić information content (AvgIpc) is 2.72. The summed E-state index contributed by atoms with van der Waals surface area (Å²) < 4.78 is 0. The number of piperidine rings is 1. The maximum absolute atomic E-state index is 12.3. The van der Waals surface area contributed by atoms with Crippen molar-refractivity contribution in [1.29, 1.82) is 0 Å². The quantitative estimate of drug-likeness (QED) is 0.820. The molecular weight excluding hydrogens is 282 g/mol. The lowest BCUT2D eigenvalue weighted by molar-refractivity contribution is -0.131. The summed E-state index contributed by atoms with van der Waals surface area (Å²) in [6, 6.07) is 1.70. The van der Waals surface area contributed by atoms with Crippen LogP contribution in [0.3, 0.4) is 0 Å². The van der Waals surface area contributed by atoms with Gasteiger partial charge >= 0.3 is 6.03 Å². The Morgan fingerprint density at radius 2 is 1.95 bits per heavy atom. The molecule has 0 unspecified atom stereocenters. The molecule has 7 heteroatoms. The second-order valence-corrected chi connectivity index (χ2v) is 5.98. The van der Waals surface area contributed by atoms with Gasteiger partial charge in [-0.2, -0.15) is 0 Å². The number of aryl methyl sites for hydroxylation is 2. The number of hydrogen-bond acceptors (Lipinski definition) is 5. The number of aromatic nitrogens is 2. The first kappa shape index (κ1) is 14.7. The van der Waals surface area contributed by atoms with Crippen molar-refractivity contribution in [3.63, 3.8) is 0 Å². The summed E-state index contributed by atoms with van der Waals surface area (Å²) in [6.07, 6.45) is 2.08. The number of hydrogen-bond donors (Lipinski definition) is 1. The van der Waals surface area contributed by atoms with E-state index in [-0.39, 0.29) is 11.9 Å². The molecule has 1 N–H and O–H groups in total. The fourth-order valence-electron chi connectivity index (χ4n) is 3.17. The number of carbonyl (C=O) groups excluding carboxylic acids is 2. The van der Waals surface area contributed by atoms with E-state index < -0.39 is 5.54 Å². The lowest BCUT2D eigenvalue weighted by Crippen LogP contribution is -2.55. The molecule has 1 spiro atoms. The number of anilines is 1. The van der Waals surface area contributed by atoms with Crippen LogP contribution < -0.4 is 10.2 Å². The van der Waals surface area contributed by atoms with Crippen molar-refractivity contribution in [3.05, 3.63) is 17.6 Å². The van der Waals surface area contributed by atoms with Gasteiger partial charge in [0.25, 0.3) is 5.91 Å². The smallest absolute Gasteiger partial charge is 0.324 e. The lowest BCUT2D eigenvalue weighted by Gasteiger charge is -2.37. The average molecular weight is 303 g/mol. The molecule has 0 saturated carbocycles. The molecule has 1 aromatic rings. The van der Waals surface area contributed by atoms with Crippen LogP contribution in [0.5, 0.6) is 0 Å². The van der Waals surface area contributed by atoms with Gasteiger partial charge in [-0.15, -0.1) is 0 Å². The Kier molecular flexibility index (Phi) is 3.50. The first-order chi connectivity index (χ1) is 10.4. The Morgan fingerprint density at radius 1 is 1.27 bits per heavy atom. The molecule has 0 radical (unpaired) electrons. The van der Waals surface area contributed by atoms with Gasteiger partial charge in [0.2, 0.25) is 0 Å². The van der Waals surface area contributed by atoms with Gasteiger partial charge in [0, 0.05) is 31.9 Å². The van der Waals surface area contributed by atoms with Crippen molar-refractivity contribution in [2.45, 2.75) is 38.6 Å². The molecule has 118 valence electrons. The molecule has 3 amide bonds. The molecule has 0 bridgehead atoms. The predicted octanol–water partition coefficient (Wildman–Crippen LogP) is 0.868. The highest BCUT2D eigenvalue weighted by molar-refractivity contribution is 6.06. The second-order valence-electron chi connectivity index (χ2n) is 5.98. The van der Waals surface area contributed by atoms with E-state index in [9.17, 15) is 9.59 Å². The maximum atomic E-state index is 12.3. The van der Waals surface area contributed by atoms with Gasteiger partial charge in [0.1, 0.15) is 17.2 Å². The van der Waals surface area contributed by atoms with Crippen molar-refractivity contribution in [1.82, 2.24) is 20.2 Å². The monoisotopic (exact) mass is 303 g/mol. The Hall–Kier alpha value is -2.18. The molecule has 0 aromatic carbocycles. The van der Waals surface area contributed by atoms with E-state index >= 15 is 0 Å². The van der Waals surface area contributed by atoms with Crippen LogP contribution in [0.25, 0.3) is 0 Å². The van der Waals surface area contributed by atoms with Crippen LogP contribution in [0.15, 0.2) is 6.07 Å². The minimum Gasteiger partial charge on any atom is -0.356 e. The molecule has 0 atom stereocenters. The summed E-state index contributed by atoms with van der Waals surface area (Å²) in [5, 5.41) is 2.85. The van der Waals surface area contributed by atoms with Crippen LogP contribution in [0.4, 0.5) is 10.6 Å². The Bertz CT molecular complexity index is 622. The molecule has 2 saturated heterocycles. The first-order valence-electron chi connectivity index (χ1n) is 7.65. The molecule has 7 nitrogen and oxygen atoms in total. The minimum absolute atomic E-state index is 0.120. The van der Waals surface area contributed by atoms with Crippen LogP contribution in [-0.2, 0) is 11.2 Å². The molecule has 3 rings (SSSR count). The minimum atomic E-state index is -0.724. The number of nitrogens with zero attached hydrogens (tertiary/aromatic N) is 4. The van der Waals surface area contributed by atoms with Crippen molar-refractivity contribution < 1.29 is 9.59 Å². The van der Waals surface area contributed by atoms with Crippen LogP contribution in [0.1, 0.15) is 31.3 Å². The predicted molar refractivity (Wildman–Crippen MR) is 81.6 cm³/mol. The van der Waals surface area contributed by atoms with E-state index in [1.54, 1.807) is 0 Å². The van der Waals surface area contributed by atoms with E-state index in [1.165, 1.54) is 11.9 Å². The topological polar surface area (TPSA) is 78.4 Å². The molecule has 3 heterocycles. The number of imide groups is 1. The van der Waals surface area contributed by atoms with Gasteiger partial charge in [-0.1, -0.05) is 6.92 Å². The van der Waals surface area contributed by atoms with E-state index in [0.29, 0.717) is 25.9 Å². The standard InChI is InChI=1S/C15H21N5O2/c1-4-11-9-12(17-10(2)16-11)20-7-5-15(6-8-20)13(21)19(3)14(22)18-15/h9H,4-8H2,1-3H3,(H,18,22). The van der Waals surface area contributed by atoms with Crippen molar-refractivity contribution in [2.24, 2.45) is 0 Å². The zero-order valence-corrected chi connectivity index (χ0v) is 13.2. The first-order valence-corrected chi connectivity index (χ1v) is 7.65. The van der Waals surface area contributed by atoms with Crippen LogP contribution in [0.2, 0.25) is 0 Å². The van der Waals surface area contributed by atoms with Gasteiger partial charge in [0.05, 0.1) is 0 Å². The Morgan fingerprint density at radius 3 is 2.50 bits per heavy atom. The van der Waals surface area contributed by atoms with Crippen molar-refractivity contribution in [2.75, 3.05) is 25.0 Å². The molecule has 2 fully saturated rings. The van der Waals surface area contributed by atoms with Crippen molar-refractivity contribution in [3.8, 4) is 0 Å². The number of likely N-dealkylation sites (N-methyl/N-ethyl adjacent to an activating group) is 1. The zero-order chi connectivity index (χ0) is 15.9. The zero-order valence-electron chi connectivity index (χ0n) is 13.2. The summed E-state index contributed by atoms with van der Waals surface area (Å²) in [5.41, 5.74) is 0.297. The summed E-state index contributed by atoms with van der Waals surface area (Å²) in [6.45, 7) is 5.35. The lowest BCUT2D eigenvalue weighted by atomic mass is 9.87. The van der Waals surface area contributed by atoms with Gasteiger partial charge in [-0.3, -0.25) is 9.69 Å². The van der Waals surface area contributed by atoms with Gasteiger partial charge < -0.3 is 10.2 Å². The van der Waals surface area contributed by atoms with Gasteiger partial charge in [-0.25, -0.2) is 14.8 Å². The third kappa shape index (κ3) is 2.30. The molecule has 0 aliphatic carbocycles. The summed E-state index contributed by atoms with van der Waals surface area (Å²) in [5.74, 6) is 1.55. The van der Waals surface area contributed by atoms with Crippen molar-refractivity contribution >= 4 is 17.8 Å². The van der Waals surface area contributed by atoms with Gasteiger partial charge in [0.15, 0.2) is 0 Å². The molecule has 2 aliphatic rings. The van der Waals surface area contributed by atoms with E-state index in [4.69, 9.17) is 0 Å². The van der Waals surface area contributed by atoms with Gasteiger partial charge in [-0.05, 0) is 26.2 Å². The second kappa shape index (κ2) is 5.23. The van der Waals surface area contributed by atoms with E-state index in [1.807, 2.05) is 13.0 Å². The largest absolute Gasteiger partial charge is 0.356 e. The molecule has 2 aliphatic heterocycles.